The molecule has 0 bridgehead atoms. The third-order valence-corrected chi connectivity index (χ3v) is 3.09. The number of aromatic hydroxyl groups is 1. The Labute approximate surface area is 108 Å². The first-order valence-electron chi connectivity index (χ1n) is 5.68. The van der Waals surface area contributed by atoms with Gasteiger partial charge in [-0.15, -0.1) is 0 Å². The first-order chi connectivity index (χ1) is 9.06. The van der Waals surface area contributed by atoms with E-state index in [1.54, 1.807) is 41.9 Å². The van der Waals surface area contributed by atoms with Gasteiger partial charge in [-0.3, -0.25) is 0 Å². The molecule has 0 fully saturated rings. The zero-order chi connectivity index (χ0) is 13.6. The fourth-order valence-electron chi connectivity index (χ4n) is 2.13. The average molecular weight is 257 g/mol. The van der Waals surface area contributed by atoms with Crippen LogP contribution in [0.1, 0.15) is 10.5 Å². The van der Waals surface area contributed by atoms with Crippen LogP contribution in [-0.2, 0) is 7.05 Å². The zero-order valence-electron chi connectivity index (χ0n) is 10.1. The van der Waals surface area contributed by atoms with Crippen LogP contribution in [0.4, 0.5) is 0 Å². The number of carbonyl (C=O) groups is 1. The van der Waals surface area contributed by atoms with Crippen LogP contribution in [0.25, 0.3) is 22.4 Å². The van der Waals surface area contributed by atoms with Crippen molar-refractivity contribution in [3.8, 4) is 17.2 Å². The van der Waals surface area contributed by atoms with Crippen LogP contribution in [-0.4, -0.2) is 20.7 Å². The van der Waals surface area contributed by atoms with Crippen molar-refractivity contribution in [3.05, 3.63) is 42.1 Å². The fraction of sp³-hybridized carbons (Fsp3) is 0.0714. The van der Waals surface area contributed by atoms with E-state index >= 15 is 0 Å². The Morgan fingerprint density at radius 2 is 2.00 bits per heavy atom. The van der Waals surface area contributed by atoms with E-state index in [4.69, 9.17) is 9.52 Å². The van der Waals surface area contributed by atoms with Gasteiger partial charge in [0.1, 0.15) is 17.0 Å². The minimum absolute atomic E-state index is 0.165. The number of phenols is 1. The van der Waals surface area contributed by atoms with E-state index in [0.29, 0.717) is 17.0 Å². The smallest absolute Gasteiger partial charge is 0.352 e. The molecule has 2 heterocycles. The highest BCUT2D eigenvalue weighted by atomic mass is 16.4. The summed E-state index contributed by atoms with van der Waals surface area (Å²) in [5.74, 6) is -0.254. The molecule has 3 rings (SSSR count). The molecule has 0 spiro atoms. The van der Waals surface area contributed by atoms with Crippen LogP contribution in [0.15, 0.2) is 40.8 Å². The quantitative estimate of drug-likeness (QED) is 0.740. The molecule has 2 aromatic heterocycles. The van der Waals surface area contributed by atoms with Crippen LogP contribution in [0.5, 0.6) is 5.75 Å². The summed E-state index contributed by atoms with van der Waals surface area (Å²) in [5, 5.41) is 19.2. The van der Waals surface area contributed by atoms with E-state index in [2.05, 4.69) is 0 Å². The van der Waals surface area contributed by atoms with E-state index in [1.807, 2.05) is 0 Å². The first kappa shape index (κ1) is 11.4. The Morgan fingerprint density at radius 3 is 2.68 bits per heavy atom. The second-order valence-electron chi connectivity index (χ2n) is 4.30. The SMILES string of the molecule is Cn1c(C(=O)O)ccc1-c1cc2cc(O)ccc2o1. The average Bonchev–Trinajstić information content (AvgIpc) is 2.91. The normalized spacial score (nSPS) is 11.0. The van der Waals surface area contributed by atoms with E-state index in [9.17, 15) is 9.90 Å². The summed E-state index contributed by atoms with van der Waals surface area (Å²) >= 11 is 0. The van der Waals surface area contributed by atoms with Crippen LogP contribution >= 0.6 is 0 Å². The molecule has 3 aromatic rings. The molecule has 0 atom stereocenters. The van der Waals surface area contributed by atoms with Gasteiger partial charge >= 0.3 is 5.97 Å². The summed E-state index contributed by atoms with van der Waals surface area (Å²) in [4.78, 5) is 11.0. The molecule has 0 radical (unpaired) electrons. The number of hydrogen-bond donors (Lipinski definition) is 2. The van der Waals surface area contributed by atoms with Gasteiger partial charge in [0.2, 0.25) is 0 Å². The molecule has 0 saturated carbocycles. The van der Waals surface area contributed by atoms with Gasteiger partial charge in [0.15, 0.2) is 5.76 Å². The van der Waals surface area contributed by atoms with Gasteiger partial charge in [-0.1, -0.05) is 0 Å². The maximum atomic E-state index is 11.0. The number of furan rings is 1. The Bertz CT molecular complexity index is 782. The van der Waals surface area contributed by atoms with E-state index in [0.717, 1.165) is 5.39 Å². The van der Waals surface area contributed by atoms with Gasteiger partial charge < -0.3 is 19.2 Å². The molecule has 0 amide bonds. The van der Waals surface area contributed by atoms with Gasteiger partial charge in [0, 0.05) is 12.4 Å². The van der Waals surface area contributed by atoms with E-state index in [1.165, 1.54) is 6.07 Å². The number of carboxylic acid groups (broad SMARTS) is 1. The Morgan fingerprint density at radius 1 is 1.21 bits per heavy atom. The minimum atomic E-state index is -0.984. The maximum absolute atomic E-state index is 11.0. The summed E-state index contributed by atoms with van der Waals surface area (Å²) in [5.41, 5.74) is 1.51. The molecule has 0 unspecified atom stereocenters. The second-order valence-corrected chi connectivity index (χ2v) is 4.30. The van der Waals surface area contributed by atoms with Gasteiger partial charge in [-0.25, -0.2) is 4.79 Å². The second kappa shape index (κ2) is 3.91. The van der Waals surface area contributed by atoms with Crippen molar-refractivity contribution in [2.45, 2.75) is 0 Å². The van der Waals surface area contributed by atoms with Crippen LogP contribution < -0.4 is 0 Å². The molecule has 0 aliphatic heterocycles. The highest BCUT2D eigenvalue weighted by molar-refractivity contribution is 5.88. The van der Waals surface area contributed by atoms with Crippen molar-refractivity contribution in [3.63, 3.8) is 0 Å². The van der Waals surface area contributed by atoms with Gasteiger partial charge in [-0.2, -0.15) is 0 Å². The first-order valence-corrected chi connectivity index (χ1v) is 5.68. The molecule has 0 aliphatic carbocycles. The molecular weight excluding hydrogens is 246 g/mol. The summed E-state index contributed by atoms with van der Waals surface area (Å²) in [6, 6.07) is 9.82. The fourth-order valence-corrected chi connectivity index (χ4v) is 2.13. The molecule has 0 saturated heterocycles. The number of benzene rings is 1. The Hall–Kier alpha value is -2.69. The molecule has 1 aromatic carbocycles. The zero-order valence-corrected chi connectivity index (χ0v) is 10.1. The van der Waals surface area contributed by atoms with Crippen molar-refractivity contribution in [2.75, 3.05) is 0 Å². The van der Waals surface area contributed by atoms with Crippen molar-refractivity contribution in [2.24, 2.45) is 7.05 Å². The predicted molar refractivity (Wildman–Crippen MR) is 69.2 cm³/mol. The molecule has 2 N–H and O–H groups in total. The van der Waals surface area contributed by atoms with Crippen molar-refractivity contribution in [1.29, 1.82) is 0 Å². The standard InChI is InChI=1S/C14H11NO4/c1-15-10(3-4-11(15)14(17)18)13-7-8-6-9(16)2-5-12(8)19-13/h2-7,16H,1H3,(H,17,18). The number of phenolic OH excluding ortho intramolecular Hbond substituents is 1. The van der Waals surface area contributed by atoms with Crippen molar-refractivity contribution >= 4 is 16.9 Å². The topological polar surface area (TPSA) is 75.6 Å². The number of aromatic nitrogens is 1. The Kier molecular flexibility index (Phi) is 2.35. The van der Waals surface area contributed by atoms with Crippen LogP contribution in [0.3, 0.4) is 0 Å². The highest BCUT2D eigenvalue weighted by Crippen LogP contribution is 2.30. The van der Waals surface area contributed by atoms with Crippen LogP contribution in [0, 0.1) is 0 Å². The Balaban J connectivity index is 2.16. The van der Waals surface area contributed by atoms with Crippen molar-refractivity contribution in [1.82, 2.24) is 4.57 Å². The number of fused-ring (bicyclic) bond motifs is 1. The summed E-state index contributed by atoms with van der Waals surface area (Å²) in [7, 11) is 1.67. The molecule has 19 heavy (non-hydrogen) atoms. The third-order valence-electron chi connectivity index (χ3n) is 3.09. The summed E-state index contributed by atoms with van der Waals surface area (Å²) in [6.45, 7) is 0. The van der Waals surface area contributed by atoms with Crippen molar-refractivity contribution < 1.29 is 19.4 Å². The number of aromatic carboxylic acids is 1. The predicted octanol–water partition coefficient (Wildman–Crippen LogP) is 2.84. The molecule has 5 heteroatoms. The largest absolute Gasteiger partial charge is 0.508 e. The third kappa shape index (κ3) is 1.76. The monoisotopic (exact) mass is 257 g/mol. The minimum Gasteiger partial charge on any atom is -0.508 e. The van der Waals surface area contributed by atoms with Gasteiger partial charge in [-0.05, 0) is 36.4 Å². The van der Waals surface area contributed by atoms with Gasteiger partial charge in [0.25, 0.3) is 0 Å². The summed E-state index contributed by atoms with van der Waals surface area (Å²) in [6.07, 6.45) is 0. The molecule has 0 aliphatic rings. The molecular formula is C14H11NO4. The highest BCUT2D eigenvalue weighted by Gasteiger charge is 2.15. The number of carboxylic acids is 1. The van der Waals surface area contributed by atoms with Gasteiger partial charge in [0.05, 0.1) is 5.69 Å². The maximum Gasteiger partial charge on any atom is 0.352 e. The lowest BCUT2D eigenvalue weighted by Gasteiger charge is -2.01. The van der Waals surface area contributed by atoms with E-state index in [-0.39, 0.29) is 11.4 Å². The molecule has 5 nitrogen and oxygen atoms in total. The summed E-state index contributed by atoms with van der Waals surface area (Å²) < 4.78 is 7.21. The number of nitrogens with zero attached hydrogens (tertiary/aromatic N) is 1. The van der Waals surface area contributed by atoms with Crippen LogP contribution in [0.2, 0.25) is 0 Å². The lowest BCUT2D eigenvalue weighted by Crippen LogP contribution is -2.04. The lowest BCUT2D eigenvalue weighted by atomic mass is 10.2. The number of hydrogen-bond acceptors (Lipinski definition) is 3. The number of rotatable bonds is 2. The van der Waals surface area contributed by atoms with E-state index < -0.39 is 5.97 Å². The lowest BCUT2D eigenvalue weighted by molar-refractivity contribution is 0.0686. The molecule has 96 valence electrons.